The largest absolute Gasteiger partial charge is 0.432 e. The molecule has 3 atom stereocenters. The SMILES string of the molecule is CC(=O)O/C(C)=C/CC1C(C)(C)CCC2CC21C. The van der Waals surface area contributed by atoms with E-state index in [2.05, 4.69) is 26.8 Å². The van der Waals surface area contributed by atoms with Crippen molar-refractivity contribution in [2.24, 2.45) is 22.7 Å². The van der Waals surface area contributed by atoms with Crippen molar-refractivity contribution < 1.29 is 9.53 Å². The molecule has 2 aliphatic carbocycles. The van der Waals surface area contributed by atoms with Crippen LogP contribution in [0.3, 0.4) is 0 Å². The van der Waals surface area contributed by atoms with E-state index in [9.17, 15) is 4.79 Å². The molecule has 0 spiro atoms. The van der Waals surface area contributed by atoms with E-state index in [0.717, 1.165) is 18.1 Å². The Hall–Kier alpha value is -0.790. The highest BCUT2D eigenvalue weighted by atomic mass is 16.5. The van der Waals surface area contributed by atoms with Gasteiger partial charge < -0.3 is 4.74 Å². The molecule has 0 heterocycles. The summed E-state index contributed by atoms with van der Waals surface area (Å²) in [5.41, 5.74) is 0.948. The molecule has 0 N–H and O–H groups in total. The van der Waals surface area contributed by atoms with Crippen LogP contribution in [0.4, 0.5) is 0 Å². The van der Waals surface area contributed by atoms with E-state index in [1.807, 2.05) is 6.92 Å². The first kappa shape index (κ1) is 13.6. The lowest BCUT2D eigenvalue weighted by atomic mass is 9.62. The van der Waals surface area contributed by atoms with Crippen molar-refractivity contribution in [3.05, 3.63) is 11.8 Å². The highest BCUT2D eigenvalue weighted by molar-refractivity contribution is 5.67. The summed E-state index contributed by atoms with van der Waals surface area (Å²) in [6, 6.07) is 0. The highest BCUT2D eigenvalue weighted by Gasteiger charge is 2.60. The molecule has 3 unspecified atom stereocenters. The smallest absolute Gasteiger partial charge is 0.307 e. The number of hydrogen-bond acceptors (Lipinski definition) is 2. The van der Waals surface area contributed by atoms with Crippen molar-refractivity contribution in [1.82, 2.24) is 0 Å². The maximum Gasteiger partial charge on any atom is 0.307 e. The van der Waals surface area contributed by atoms with Gasteiger partial charge in [0, 0.05) is 6.92 Å². The van der Waals surface area contributed by atoms with E-state index in [0.29, 0.717) is 16.7 Å². The van der Waals surface area contributed by atoms with Gasteiger partial charge in [-0.25, -0.2) is 0 Å². The standard InChI is InChI=1S/C16H26O2/c1-11(18-12(2)17)6-7-14-15(3,4)9-8-13-10-16(13,14)5/h6,13-14H,7-10H2,1-5H3/b11-6+. The molecule has 2 nitrogen and oxygen atoms in total. The van der Waals surface area contributed by atoms with Gasteiger partial charge in [0.05, 0.1) is 0 Å². The summed E-state index contributed by atoms with van der Waals surface area (Å²) < 4.78 is 5.11. The molecule has 0 aromatic heterocycles. The summed E-state index contributed by atoms with van der Waals surface area (Å²) in [6.45, 7) is 10.6. The van der Waals surface area contributed by atoms with Crippen molar-refractivity contribution in [2.45, 2.75) is 60.3 Å². The minimum atomic E-state index is -0.220. The van der Waals surface area contributed by atoms with Crippen LogP contribution in [-0.2, 0) is 9.53 Å². The highest BCUT2D eigenvalue weighted by Crippen LogP contribution is 2.69. The van der Waals surface area contributed by atoms with E-state index in [1.54, 1.807) is 0 Å². The Kier molecular flexibility index (Phi) is 3.33. The predicted molar refractivity (Wildman–Crippen MR) is 72.9 cm³/mol. The molecule has 0 aliphatic heterocycles. The van der Waals surface area contributed by atoms with Crippen LogP contribution >= 0.6 is 0 Å². The van der Waals surface area contributed by atoms with E-state index < -0.39 is 0 Å². The Morgan fingerprint density at radius 3 is 2.61 bits per heavy atom. The van der Waals surface area contributed by atoms with Crippen LogP contribution in [0.1, 0.15) is 60.3 Å². The second-order valence-corrected chi connectivity index (χ2v) is 7.13. The van der Waals surface area contributed by atoms with Crippen molar-refractivity contribution in [2.75, 3.05) is 0 Å². The maximum absolute atomic E-state index is 10.9. The Morgan fingerprint density at radius 2 is 2.00 bits per heavy atom. The average Bonchev–Trinajstić information content (AvgIpc) is 2.86. The zero-order valence-corrected chi connectivity index (χ0v) is 12.4. The molecule has 2 fully saturated rings. The van der Waals surface area contributed by atoms with Gasteiger partial charge in [-0.2, -0.15) is 0 Å². The minimum Gasteiger partial charge on any atom is -0.432 e. The summed E-state index contributed by atoms with van der Waals surface area (Å²) in [7, 11) is 0. The van der Waals surface area contributed by atoms with Gasteiger partial charge in [-0.1, -0.05) is 20.8 Å². The van der Waals surface area contributed by atoms with Gasteiger partial charge in [0.1, 0.15) is 5.76 Å². The maximum atomic E-state index is 10.9. The number of fused-ring (bicyclic) bond motifs is 1. The summed E-state index contributed by atoms with van der Waals surface area (Å²) >= 11 is 0. The third-order valence-electron chi connectivity index (χ3n) is 5.28. The van der Waals surface area contributed by atoms with Crippen LogP contribution in [0.15, 0.2) is 11.8 Å². The van der Waals surface area contributed by atoms with E-state index in [-0.39, 0.29) is 5.97 Å². The summed E-state index contributed by atoms with van der Waals surface area (Å²) in [4.78, 5) is 10.9. The van der Waals surface area contributed by atoms with Crippen molar-refractivity contribution in [1.29, 1.82) is 0 Å². The number of rotatable bonds is 3. The van der Waals surface area contributed by atoms with Crippen LogP contribution in [0.25, 0.3) is 0 Å². The molecule has 102 valence electrons. The molecule has 2 aliphatic rings. The third kappa shape index (κ3) is 2.48. The zero-order chi connectivity index (χ0) is 13.6. The van der Waals surface area contributed by atoms with Crippen LogP contribution in [0, 0.1) is 22.7 Å². The number of allylic oxidation sites excluding steroid dienone is 2. The molecule has 0 saturated heterocycles. The van der Waals surface area contributed by atoms with Crippen LogP contribution in [0.2, 0.25) is 0 Å². The number of carbonyl (C=O) groups is 1. The van der Waals surface area contributed by atoms with Gasteiger partial charge in [-0.3, -0.25) is 4.79 Å². The molecule has 0 bridgehead atoms. The summed E-state index contributed by atoms with van der Waals surface area (Å²) in [5.74, 6) is 2.19. The van der Waals surface area contributed by atoms with Gasteiger partial charge in [-0.05, 0) is 61.3 Å². The van der Waals surface area contributed by atoms with Crippen molar-refractivity contribution >= 4 is 5.97 Å². The monoisotopic (exact) mass is 250 g/mol. The van der Waals surface area contributed by atoms with Gasteiger partial charge in [0.15, 0.2) is 0 Å². The fourth-order valence-electron chi connectivity index (χ4n) is 4.08. The van der Waals surface area contributed by atoms with Crippen LogP contribution < -0.4 is 0 Å². The van der Waals surface area contributed by atoms with Crippen LogP contribution in [-0.4, -0.2) is 5.97 Å². The molecule has 0 amide bonds. The molecule has 18 heavy (non-hydrogen) atoms. The van der Waals surface area contributed by atoms with Gasteiger partial charge in [-0.15, -0.1) is 0 Å². The zero-order valence-electron chi connectivity index (χ0n) is 12.4. The van der Waals surface area contributed by atoms with E-state index >= 15 is 0 Å². The van der Waals surface area contributed by atoms with Crippen molar-refractivity contribution in [3.63, 3.8) is 0 Å². The lowest BCUT2D eigenvalue weighted by Crippen LogP contribution is -2.35. The summed E-state index contributed by atoms with van der Waals surface area (Å²) in [5, 5.41) is 0. The number of carbonyl (C=O) groups excluding carboxylic acids is 1. The van der Waals surface area contributed by atoms with E-state index in [4.69, 9.17) is 4.74 Å². The number of hydrogen-bond donors (Lipinski definition) is 0. The molecule has 0 radical (unpaired) electrons. The van der Waals surface area contributed by atoms with E-state index in [1.165, 1.54) is 26.2 Å². The fraction of sp³-hybridized carbons (Fsp3) is 0.812. The van der Waals surface area contributed by atoms with Gasteiger partial charge in [0.2, 0.25) is 0 Å². The predicted octanol–water partition coefficient (Wildman–Crippen LogP) is 4.31. The fourth-order valence-corrected chi connectivity index (χ4v) is 4.08. The molecule has 0 aromatic carbocycles. The second-order valence-electron chi connectivity index (χ2n) is 7.13. The minimum absolute atomic E-state index is 0.220. The Labute approximate surface area is 111 Å². The first-order chi connectivity index (χ1) is 8.25. The molecule has 2 heteroatoms. The first-order valence-electron chi connectivity index (χ1n) is 7.11. The molecule has 0 aromatic rings. The Balaban J connectivity index is 2.04. The molecule has 2 saturated carbocycles. The topological polar surface area (TPSA) is 26.3 Å². The van der Waals surface area contributed by atoms with Crippen LogP contribution in [0.5, 0.6) is 0 Å². The first-order valence-corrected chi connectivity index (χ1v) is 7.11. The average molecular weight is 250 g/mol. The number of esters is 1. The number of ether oxygens (including phenoxy) is 1. The molecule has 2 rings (SSSR count). The lowest BCUT2D eigenvalue weighted by Gasteiger charge is -2.43. The molecular weight excluding hydrogens is 224 g/mol. The van der Waals surface area contributed by atoms with Gasteiger partial charge >= 0.3 is 5.97 Å². The second kappa shape index (κ2) is 4.40. The lowest BCUT2D eigenvalue weighted by molar-refractivity contribution is -0.136. The molecular formula is C16H26O2. The summed E-state index contributed by atoms with van der Waals surface area (Å²) in [6.07, 6.45) is 7.27. The third-order valence-corrected chi connectivity index (χ3v) is 5.28. The normalized spacial score (nSPS) is 37.9. The van der Waals surface area contributed by atoms with Gasteiger partial charge in [0.25, 0.3) is 0 Å². The van der Waals surface area contributed by atoms with Crippen molar-refractivity contribution in [3.8, 4) is 0 Å². The Bertz CT molecular complexity index is 376. The Morgan fingerprint density at radius 1 is 1.33 bits per heavy atom. The quantitative estimate of drug-likeness (QED) is 0.551.